The van der Waals surface area contributed by atoms with Crippen LogP contribution in [0, 0.1) is 11.8 Å². The molecule has 2 aliphatic carbocycles. The van der Waals surface area contributed by atoms with Gasteiger partial charge in [0.15, 0.2) is 0 Å². The molecule has 0 nitrogen and oxygen atoms in total. The van der Waals surface area contributed by atoms with Crippen LogP contribution in [-0.2, 0) is 0 Å². The Kier molecular flexibility index (Phi) is 4.11. The fourth-order valence-corrected chi connectivity index (χ4v) is 10.4. The number of rotatable bonds is 2. The van der Waals surface area contributed by atoms with Crippen molar-refractivity contribution < 1.29 is 0 Å². The number of hydrogen-bond acceptors (Lipinski definition) is 0. The topological polar surface area (TPSA) is 0 Å². The van der Waals surface area contributed by atoms with E-state index in [0.717, 1.165) is 22.9 Å². The van der Waals surface area contributed by atoms with Gasteiger partial charge in [-0.3, -0.25) is 0 Å². The second kappa shape index (κ2) is 5.15. The van der Waals surface area contributed by atoms with E-state index in [1.807, 2.05) is 0 Å². The zero-order chi connectivity index (χ0) is 13.5. The van der Waals surface area contributed by atoms with E-state index in [1.54, 1.807) is 11.1 Å². The summed E-state index contributed by atoms with van der Waals surface area (Å²) in [6.45, 7) is 15.2. The van der Waals surface area contributed by atoms with Gasteiger partial charge in [-0.25, -0.2) is 0 Å². The van der Waals surface area contributed by atoms with Crippen LogP contribution in [0.1, 0.15) is 59.8 Å². The summed E-state index contributed by atoms with van der Waals surface area (Å²) in [6, 6.07) is 0. The lowest BCUT2D eigenvalue weighted by molar-refractivity contribution is 0.448. The van der Waals surface area contributed by atoms with Crippen LogP contribution in [0.15, 0.2) is 11.1 Å². The molecular weight excluding hydrogens is 232 g/mol. The van der Waals surface area contributed by atoms with Gasteiger partial charge in [-0.05, 0) is 36.8 Å². The van der Waals surface area contributed by atoms with E-state index in [-0.39, 0.29) is 0 Å². The third-order valence-corrected chi connectivity index (χ3v) is 11.8. The molecule has 0 amide bonds. The average molecular weight is 265 g/mol. The van der Waals surface area contributed by atoms with Gasteiger partial charge in [0, 0.05) is 0 Å². The van der Waals surface area contributed by atoms with Crippen LogP contribution in [0.4, 0.5) is 0 Å². The zero-order valence-corrected chi connectivity index (χ0v) is 14.3. The summed E-state index contributed by atoms with van der Waals surface area (Å²) in [4.78, 5) is 0. The van der Waals surface area contributed by atoms with Crippen LogP contribution in [0.2, 0.25) is 24.2 Å². The van der Waals surface area contributed by atoms with E-state index in [1.165, 1.54) is 32.1 Å². The minimum atomic E-state index is -1.14. The van der Waals surface area contributed by atoms with E-state index >= 15 is 0 Å². The fourth-order valence-electron chi connectivity index (χ4n) is 5.02. The van der Waals surface area contributed by atoms with Crippen molar-refractivity contribution in [1.29, 1.82) is 0 Å². The lowest BCUT2D eigenvalue weighted by Gasteiger charge is -2.43. The SMILES string of the molecule is CC1=C(C)[C@H]([Si](C)(C)C2CCCCC2)[C@H](C)C1C. The Morgan fingerprint density at radius 3 is 1.89 bits per heavy atom. The molecule has 0 N–H and O–H groups in total. The normalized spacial score (nSPS) is 35.3. The van der Waals surface area contributed by atoms with Crippen LogP contribution in [0.3, 0.4) is 0 Å². The Balaban J connectivity index is 2.24. The standard InChI is InChI=1S/C17H32Si/c1-12-13(2)15(4)17(14(12)3)18(5,6)16-10-8-7-9-11-16/h12,14,16-17H,7-11H2,1-6H3/t12?,14-,17-/m1/s1. The van der Waals surface area contributed by atoms with E-state index < -0.39 is 8.07 Å². The van der Waals surface area contributed by atoms with Crippen molar-refractivity contribution >= 4 is 8.07 Å². The zero-order valence-electron chi connectivity index (χ0n) is 13.3. The highest BCUT2D eigenvalue weighted by molar-refractivity contribution is 6.81. The summed E-state index contributed by atoms with van der Waals surface area (Å²) in [5.41, 5.74) is 5.53. The largest absolute Gasteiger partial charge is 0.0734 e. The molecule has 0 aliphatic heterocycles. The Labute approximate surface area is 115 Å². The quantitative estimate of drug-likeness (QED) is 0.422. The van der Waals surface area contributed by atoms with Gasteiger partial charge < -0.3 is 0 Å². The Morgan fingerprint density at radius 1 is 0.889 bits per heavy atom. The molecular formula is C17H32Si. The molecule has 0 saturated heterocycles. The minimum absolute atomic E-state index is 0.824. The predicted molar refractivity (Wildman–Crippen MR) is 84.8 cm³/mol. The average Bonchev–Trinajstić information content (AvgIpc) is 2.55. The molecule has 0 aromatic heterocycles. The second-order valence-corrected chi connectivity index (χ2v) is 12.7. The highest BCUT2D eigenvalue weighted by Gasteiger charge is 2.47. The molecule has 0 spiro atoms. The molecule has 2 aliphatic rings. The Morgan fingerprint density at radius 2 is 1.44 bits per heavy atom. The van der Waals surface area contributed by atoms with Crippen molar-refractivity contribution in [2.45, 2.75) is 84.0 Å². The van der Waals surface area contributed by atoms with Gasteiger partial charge in [-0.2, -0.15) is 0 Å². The highest BCUT2D eigenvalue weighted by atomic mass is 28.3. The first-order valence-electron chi connectivity index (χ1n) is 8.04. The lowest BCUT2D eigenvalue weighted by Crippen LogP contribution is -2.41. The molecule has 104 valence electrons. The molecule has 1 unspecified atom stereocenters. The maximum absolute atomic E-state index is 2.69. The van der Waals surface area contributed by atoms with E-state index in [4.69, 9.17) is 0 Å². The molecule has 0 heterocycles. The molecule has 0 radical (unpaired) electrons. The molecule has 1 saturated carbocycles. The molecule has 1 fully saturated rings. The van der Waals surface area contributed by atoms with Gasteiger partial charge >= 0.3 is 0 Å². The maximum Gasteiger partial charge on any atom is 0.0581 e. The summed E-state index contributed by atoms with van der Waals surface area (Å²) in [5, 5.41) is 0. The van der Waals surface area contributed by atoms with Crippen molar-refractivity contribution in [3.05, 3.63) is 11.1 Å². The molecule has 1 heteroatoms. The fraction of sp³-hybridized carbons (Fsp3) is 0.882. The molecule has 18 heavy (non-hydrogen) atoms. The smallest absolute Gasteiger partial charge is 0.0581 e. The Hall–Kier alpha value is -0.0431. The molecule has 0 aromatic carbocycles. The number of hydrogen-bond donors (Lipinski definition) is 0. The van der Waals surface area contributed by atoms with Gasteiger partial charge in [-0.1, -0.05) is 70.2 Å². The Bertz CT molecular complexity index is 334. The number of allylic oxidation sites excluding steroid dienone is 2. The summed E-state index contributed by atoms with van der Waals surface area (Å²) in [7, 11) is -1.14. The summed E-state index contributed by atoms with van der Waals surface area (Å²) < 4.78 is 0. The van der Waals surface area contributed by atoms with Gasteiger partial charge in [0.25, 0.3) is 0 Å². The highest BCUT2D eigenvalue weighted by Crippen LogP contribution is 2.55. The van der Waals surface area contributed by atoms with E-state index in [9.17, 15) is 0 Å². The van der Waals surface area contributed by atoms with Crippen LogP contribution in [0.5, 0.6) is 0 Å². The van der Waals surface area contributed by atoms with Crippen LogP contribution in [0.25, 0.3) is 0 Å². The van der Waals surface area contributed by atoms with Crippen LogP contribution < -0.4 is 0 Å². The first kappa shape index (κ1) is 14.4. The third kappa shape index (κ3) is 2.24. The van der Waals surface area contributed by atoms with E-state index in [0.29, 0.717) is 0 Å². The maximum atomic E-state index is 2.69. The second-order valence-electron chi connectivity index (χ2n) is 7.65. The summed E-state index contributed by atoms with van der Waals surface area (Å²) >= 11 is 0. The molecule has 0 aromatic rings. The van der Waals surface area contributed by atoms with Gasteiger partial charge in [-0.15, -0.1) is 0 Å². The van der Waals surface area contributed by atoms with Crippen molar-refractivity contribution in [2.75, 3.05) is 0 Å². The van der Waals surface area contributed by atoms with Gasteiger partial charge in [0.2, 0.25) is 0 Å². The summed E-state index contributed by atoms with van der Waals surface area (Å²) in [6.07, 6.45) is 7.55. The predicted octanol–water partition coefficient (Wildman–Crippen LogP) is 6.02. The van der Waals surface area contributed by atoms with Crippen molar-refractivity contribution in [3.8, 4) is 0 Å². The van der Waals surface area contributed by atoms with Gasteiger partial charge in [0.05, 0.1) is 8.07 Å². The van der Waals surface area contributed by atoms with Gasteiger partial charge in [0.1, 0.15) is 0 Å². The monoisotopic (exact) mass is 264 g/mol. The van der Waals surface area contributed by atoms with Crippen LogP contribution in [-0.4, -0.2) is 8.07 Å². The molecule has 2 rings (SSSR count). The summed E-state index contributed by atoms with van der Waals surface area (Å²) in [5.74, 6) is 1.72. The minimum Gasteiger partial charge on any atom is -0.0734 e. The first-order chi connectivity index (χ1) is 8.37. The van der Waals surface area contributed by atoms with Crippen molar-refractivity contribution in [1.82, 2.24) is 0 Å². The van der Waals surface area contributed by atoms with Crippen molar-refractivity contribution in [3.63, 3.8) is 0 Å². The molecule has 3 atom stereocenters. The molecule has 0 bridgehead atoms. The lowest BCUT2D eigenvalue weighted by atomic mass is 9.95. The van der Waals surface area contributed by atoms with E-state index in [2.05, 4.69) is 40.8 Å². The van der Waals surface area contributed by atoms with Crippen molar-refractivity contribution in [2.24, 2.45) is 11.8 Å². The van der Waals surface area contributed by atoms with Crippen LogP contribution >= 0.6 is 0 Å². The first-order valence-corrected chi connectivity index (χ1v) is 11.2. The third-order valence-electron chi connectivity index (χ3n) is 6.54.